The average molecular weight is 287 g/mol. The first-order valence-corrected chi connectivity index (χ1v) is 8.16. The monoisotopic (exact) mass is 287 g/mol. The van der Waals surface area contributed by atoms with Gasteiger partial charge in [0, 0.05) is 5.56 Å². The van der Waals surface area contributed by atoms with Gasteiger partial charge in [-0.05, 0) is 23.8 Å². The summed E-state index contributed by atoms with van der Waals surface area (Å²) in [5.41, 5.74) is 5.35. The van der Waals surface area contributed by atoms with Crippen molar-refractivity contribution >= 4 is 5.84 Å². The van der Waals surface area contributed by atoms with Crippen molar-refractivity contribution in [3.8, 4) is 0 Å². The molecule has 1 aliphatic rings. The van der Waals surface area contributed by atoms with Crippen LogP contribution < -0.4 is 11.3 Å². The summed E-state index contributed by atoms with van der Waals surface area (Å²) in [5, 5.41) is 0. The van der Waals surface area contributed by atoms with Gasteiger partial charge in [0.1, 0.15) is 5.84 Å². The molecular formula is C18H29N3. The predicted molar refractivity (Wildman–Crippen MR) is 90.5 cm³/mol. The van der Waals surface area contributed by atoms with Crippen LogP contribution in [0.1, 0.15) is 70.4 Å². The Kier molecular flexibility index (Phi) is 5.40. The minimum absolute atomic E-state index is 0.0810. The second kappa shape index (κ2) is 7.08. The predicted octanol–water partition coefficient (Wildman–Crippen LogP) is 3.92. The highest BCUT2D eigenvalue weighted by molar-refractivity contribution is 6.00. The summed E-state index contributed by atoms with van der Waals surface area (Å²) in [6.45, 7) is 6.68. The molecule has 0 atom stereocenters. The molecular weight excluding hydrogens is 258 g/mol. The molecule has 3 nitrogen and oxygen atoms in total. The van der Waals surface area contributed by atoms with Crippen molar-refractivity contribution in [1.29, 1.82) is 0 Å². The SMILES string of the molecule is CC(C)(C)c1ccccc1C(=NC1CCCCCC1)NN. The molecule has 0 radical (unpaired) electrons. The Bertz CT molecular complexity index is 477. The standard InChI is InChI=1S/C18H29N3/c1-18(2,3)16-13-9-8-12-15(16)17(21-19)20-14-10-6-4-5-7-11-14/h8-9,12-14H,4-7,10-11,19H2,1-3H3,(H,20,21). The van der Waals surface area contributed by atoms with Gasteiger partial charge in [-0.3, -0.25) is 4.99 Å². The summed E-state index contributed by atoms with van der Waals surface area (Å²) in [5.74, 6) is 6.63. The van der Waals surface area contributed by atoms with E-state index in [9.17, 15) is 0 Å². The lowest BCUT2D eigenvalue weighted by molar-refractivity contribution is 0.578. The molecule has 1 saturated carbocycles. The first-order chi connectivity index (χ1) is 10.0. The van der Waals surface area contributed by atoms with Gasteiger partial charge in [-0.15, -0.1) is 0 Å². The summed E-state index contributed by atoms with van der Waals surface area (Å²) < 4.78 is 0. The lowest BCUT2D eigenvalue weighted by Crippen LogP contribution is -2.34. The topological polar surface area (TPSA) is 50.4 Å². The van der Waals surface area contributed by atoms with Crippen LogP contribution in [-0.2, 0) is 5.41 Å². The van der Waals surface area contributed by atoms with Crippen LogP contribution in [0.15, 0.2) is 29.3 Å². The Balaban J connectivity index is 2.32. The van der Waals surface area contributed by atoms with Gasteiger partial charge in [-0.2, -0.15) is 0 Å². The molecule has 0 spiro atoms. The quantitative estimate of drug-likeness (QED) is 0.285. The minimum atomic E-state index is 0.0810. The van der Waals surface area contributed by atoms with Crippen molar-refractivity contribution in [2.45, 2.75) is 70.8 Å². The van der Waals surface area contributed by atoms with Gasteiger partial charge in [0.15, 0.2) is 0 Å². The van der Waals surface area contributed by atoms with Crippen LogP contribution in [0.3, 0.4) is 0 Å². The lowest BCUT2D eigenvalue weighted by Gasteiger charge is -2.24. The van der Waals surface area contributed by atoms with E-state index in [0.717, 1.165) is 11.4 Å². The number of nitrogens with one attached hydrogen (secondary N) is 1. The van der Waals surface area contributed by atoms with Crippen molar-refractivity contribution in [3.05, 3.63) is 35.4 Å². The third-order valence-corrected chi connectivity index (χ3v) is 4.26. The molecule has 2 rings (SSSR count). The minimum Gasteiger partial charge on any atom is -0.308 e. The average Bonchev–Trinajstić information content (AvgIpc) is 2.72. The fourth-order valence-electron chi connectivity index (χ4n) is 3.10. The lowest BCUT2D eigenvalue weighted by atomic mass is 9.83. The number of nitrogens with two attached hydrogens (primary N) is 1. The summed E-state index contributed by atoms with van der Waals surface area (Å²) in [7, 11) is 0. The van der Waals surface area contributed by atoms with Crippen molar-refractivity contribution in [2.24, 2.45) is 10.8 Å². The van der Waals surface area contributed by atoms with Crippen LogP contribution in [0.2, 0.25) is 0 Å². The summed E-state index contributed by atoms with van der Waals surface area (Å²) in [6, 6.07) is 8.85. The number of benzene rings is 1. The molecule has 0 unspecified atom stereocenters. The van der Waals surface area contributed by atoms with Gasteiger partial charge >= 0.3 is 0 Å². The summed E-state index contributed by atoms with van der Waals surface area (Å²) in [6.07, 6.45) is 7.62. The van der Waals surface area contributed by atoms with E-state index >= 15 is 0 Å². The molecule has 1 aromatic carbocycles. The van der Waals surface area contributed by atoms with Gasteiger partial charge in [-0.1, -0.05) is 70.7 Å². The maximum absolute atomic E-state index is 5.79. The highest BCUT2D eigenvalue weighted by Crippen LogP contribution is 2.27. The Morgan fingerprint density at radius 2 is 1.71 bits per heavy atom. The number of nitrogens with zero attached hydrogens (tertiary/aromatic N) is 1. The molecule has 0 aliphatic heterocycles. The highest BCUT2D eigenvalue weighted by atomic mass is 15.3. The van der Waals surface area contributed by atoms with Gasteiger partial charge in [0.2, 0.25) is 0 Å². The number of amidine groups is 1. The molecule has 21 heavy (non-hydrogen) atoms. The zero-order valence-corrected chi connectivity index (χ0v) is 13.7. The largest absolute Gasteiger partial charge is 0.308 e. The number of hydrogen-bond acceptors (Lipinski definition) is 2. The first kappa shape index (κ1) is 16.0. The zero-order valence-electron chi connectivity index (χ0n) is 13.7. The molecule has 1 aromatic rings. The maximum atomic E-state index is 5.79. The highest BCUT2D eigenvalue weighted by Gasteiger charge is 2.21. The molecule has 116 valence electrons. The second-order valence-electron chi connectivity index (χ2n) is 7.06. The van der Waals surface area contributed by atoms with Gasteiger partial charge in [0.25, 0.3) is 0 Å². The maximum Gasteiger partial charge on any atom is 0.143 e. The fraction of sp³-hybridized carbons (Fsp3) is 0.611. The molecule has 0 heterocycles. The van der Waals surface area contributed by atoms with Crippen LogP contribution in [0.5, 0.6) is 0 Å². The Hall–Kier alpha value is -1.35. The van der Waals surface area contributed by atoms with Gasteiger partial charge < -0.3 is 5.43 Å². The van der Waals surface area contributed by atoms with Crippen molar-refractivity contribution in [1.82, 2.24) is 5.43 Å². The number of hydrogen-bond donors (Lipinski definition) is 2. The van der Waals surface area contributed by atoms with Gasteiger partial charge in [-0.25, -0.2) is 5.84 Å². The molecule has 0 aromatic heterocycles. The number of hydrazine groups is 1. The molecule has 1 aliphatic carbocycles. The molecule has 3 heteroatoms. The third-order valence-electron chi connectivity index (χ3n) is 4.26. The Morgan fingerprint density at radius 1 is 1.10 bits per heavy atom. The van der Waals surface area contributed by atoms with Crippen LogP contribution >= 0.6 is 0 Å². The molecule has 3 N–H and O–H groups in total. The van der Waals surface area contributed by atoms with E-state index in [-0.39, 0.29) is 5.41 Å². The molecule has 0 saturated heterocycles. The van der Waals surface area contributed by atoms with E-state index in [2.05, 4.69) is 50.5 Å². The van der Waals surface area contributed by atoms with E-state index in [1.165, 1.54) is 44.1 Å². The number of rotatable bonds is 2. The Morgan fingerprint density at radius 3 is 2.29 bits per heavy atom. The smallest absolute Gasteiger partial charge is 0.143 e. The first-order valence-electron chi connectivity index (χ1n) is 8.16. The van der Waals surface area contributed by atoms with Crippen LogP contribution in [0.25, 0.3) is 0 Å². The second-order valence-corrected chi connectivity index (χ2v) is 7.06. The van der Waals surface area contributed by atoms with E-state index in [1.54, 1.807) is 0 Å². The Labute approximate surface area is 129 Å². The third kappa shape index (κ3) is 4.31. The van der Waals surface area contributed by atoms with Crippen LogP contribution in [0, 0.1) is 0 Å². The van der Waals surface area contributed by atoms with E-state index in [4.69, 9.17) is 10.8 Å². The molecule has 0 bridgehead atoms. The van der Waals surface area contributed by atoms with E-state index in [1.807, 2.05) is 0 Å². The zero-order chi connectivity index (χ0) is 15.3. The van der Waals surface area contributed by atoms with E-state index < -0.39 is 0 Å². The van der Waals surface area contributed by atoms with Crippen molar-refractivity contribution in [3.63, 3.8) is 0 Å². The van der Waals surface area contributed by atoms with E-state index in [0.29, 0.717) is 6.04 Å². The number of aliphatic imine (C=N–C) groups is 1. The summed E-state index contributed by atoms with van der Waals surface area (Å²) in [4.78, 5) is 4.94. The van der Waals surface area contributed by atoms with Crippen molar-refractivity contribution < 1.29 is 0 Å². The molecule has 0 amide bonds. The van der Waals surface area contributed by atoms with Crippen molar-refractivity contribution in [2.75, 3.05) is 0 Å². The normalized spacial score (nSPS) is 18.4. The molecule has 1 fully saturated rings. The summed E-state index contributed by atoms with van der Waals surface area (Å²) >= 11 is 0. The van der Waals surface area contributed by atoms with Crippen LogP contribution in [-0.4, -0.2) is 11.9 Å². The fourth-order valence-corrected chi connectivity index (χ4v) is 3.10. The van der Waals surface area contributed by atoms with Crippen LogP contribution in [0.4, 0.5) is 0 Å². The van der Waals surface area contributed by atoms with Gasteiger partial charge in [0.05, 0.1) is 6.04 Å².